The average molecular weight is 236 g/mol. The molecule has 0 aliphatic carbocycles. The van der Waals surface area contributed by atoms with E-state index in [9.17, 15) is 4.79 Å². The van der Waals surface area contributed by atoms with Gasteiger partial charge in [-0.2, -0.15) is 0 Å². The van der Waals surface area contributed by atoms with Crippen LogP contribution in [0.2, 0.25) is 0 Å². The Hall–Kier alpha value is -1.77. The Balaban J connectivity index is 0.00000121. The molecule has 0 bridgehead atoms. The van der Waals surface area contributed by atoms with E-state index in [1.165, 1.54) is 0 Å². The first-order valence-corrected chi connectivity index (χ1v) is 5.64. The molecule has 0 amide bonds. The summed E-state index contributed by atoms with van der Waals surface area (Å²) >= 11 is 0. The Bertz CT molecular complexity index is 381. The molecule has 0 aliphatic rings. The molecular formula is C14H20O3. The van der Waals surface area contributed by atoms with Crippen LogP contribution in [0, 0.1) is 0 Å². The standard InChI is InChI=1S/C12H14O3.C2H6/c1-4-9(2)11-6-5-10(14-3)7-12(11)15-8-13;1-2/h4-8H,1-3H3;1-2H3/b9-4-;. The highest BCUT2D eigenvalue weighted by Gasteiger charge is 2.06. The average Bonchev–Trinajstić information content (AvgIpc) is 2.40. The number of ether oxygens (including phenoxy) is 2. The third kappa shape index (κ3) is 4.31. The summed E-state index contributed by atoms with van der Waals surface area (Å²) in [5, 5.41) is 0. The number of hydrogen-bond acceptors (Lipinski definition) is 3. The molecular weight excluding hydrogens is 216 g/mol. The summed E-state index contributed by atoms with van der Waals surface area (Å²) in [4.78, 5) is 10.4. The molecule has 0 saturated heterocycles. The molecule has 0 heterocycles. The first-order valence-electron chi connectivity index (χ1n) is 5.64. The second kappa shape index (κ2) is 8.39. The minimum absolute atomic E-state index is 0.418. The molecule has 0 spiro atoms. The predicted molar refractivity (Wildman–Crippen MR) is 70.4 cm³/mol. The fraction of sp³-hybridized carbons (Fsp3) is 0.357. The van der Waals surface area contributed by atoms with Crippen LogP contribution in [0.3, 0.4) is 0 Å². The van der Waals surface area contributed by atoms with Gasteiger partial charge in [-0.05, 0) is 31.6 Å². The molecule has 1 aromatic carbocycles. The van der Waals surface area contributed by atoms with Crippen LogP contribution in [-0.2, 0) is 4.79 Å². The number of rotatable bonds is 4. The molecule has 3 nitrogen and oxygen atoms in total. The van der Waals surface area contributed by atoms with Gasteiger partial charge in [0, 0.05) is 11.6 Å². The van der Waals surface area contributed by atoms with E-state index in [1.807, 2.05) is 45.9 Å². The number of carbonyl (C=O) groups is 1. The summed E-state index contributed by atoms with van der Waals surface area (Å²) in [5.74, 6) is 1.18. The Morgan fingerprint density at radius 1 is 1.29 bits per heavy atom. The quantitative estimate of drug-likeness (QED) is 0.748. The molecule has 0 aromatic heterocycles. The second-order valence-corrected chi connectivity index (χ2v) is 3.05. The van der Waals surface area contributed by atoms with Gasteiger partial charge >= 0.3 is 0 Å². The van der Waals surface area contributed by atoms with Gasteiger partial charge in [0.05, 0.1) is 7.11 Å². The Labute approximate surface area is 103 Å². The summed E-state index contributed by atoms with van der Waals surface area (Å²) in [6.45, 7) is 8.31. The van der Waals surface area contributed by atoms with E-state index < -0.39 is 0 Å². The highest BCUT2D eigenvalue weighted by Crippen LogP contribution is 2.29. The molecule has 0 radical (unpaired) electrons. The van der Waals surface area contributed by atoms with Gasteiger partial charge in [0.2, 0.25) is 0 Å². The van der Waals surface area contributed by atoms with Gasteiger partial charge in [-0.1, -0.05) is 19.9 Å². The number of benzene rings is 1. The second-order valence-electron chi connectivity index (χ2n) is 3.05. The molecule has 0 saturated carbocycles. The van der Waals surface area contributed by atoms with Crippen LogP contribution in [-0.4, -0.2) is 13.6 Å². The minimum Gasteiger partial charge on any atom is -0.497 e. The van der Waals surface area contributed by atoms with Gasteiger partial charge in [-0.15, -0.1) is 0 Å². The summed E-state index contributed by atoms with van der Waals surface area (Å²) < 4.78 is 9.96. The molecule has 0 fully saturated rings. The van der Waals surface area contributed by atoms with Gasteiger partial charge in [0.1, 0.15) is 11.5 Å². The first kappa shape index (κ1) is 15.2. The van der Waals surface area contributed by atoms with Crippen LogP contribution in [0.1, 0.15) is 33.3 Å². The Kier molecular flexibility index (Phi) is 7.52. The van der Waals surface area contributed by atoms with Gasteiger partial charge in [0.15, 0.2) is 0 Å². The Morgan fingerprint density at radius 2 is 1.94 bits per heavy atom. The van der Waals surface area contributed by atoms with Crippen LogP contribution < -0.4 is 9.47 Å². The smallest absolute Gasteiger partial charge is 0.298 e. The van der Waals surface area contributed by atoms with Crippen molar-refractivity contribution < 1.29 is 14.3 Å². The van der Waals surface area contributed by atoms with Crippen molar-refractivity contribution in [2.75, 3.05) is 7.11 Å². The number of allylic oxidation sites excluding steroid dienone is 2. The van der Waals surface area contributed by atoms with Gasteiger partial charge in [-0.3, -0.25) is 4.79 Å². The topological polar surface area (TPSA) is 35.5 Å². The summed E-state index contributed by atoms with van der Waals surface area (Å²) in [7, 11) is 1.57. The lowest BCUT2D eigenvalue weighted by Crippen LogP contribution is -1.94. The third-order valence-electron chi connectivity index (χ3n) is 2.22. The monoisotopic (exact) mass is 236 g/mol. The SMILES string of the molecule is C/C=C(/C)c1ccc(OC)cc1OC=O.CC. The van der Waals surface area contributed by atoms with Crippen molar-refractivity contribution in [2.45, 2.75) is 27.7 Å². The molecule has 3 heteroatoms. The van der Waals surface area contributed by atoms with Crippen LogP contribution in [0.5, 0.6) is 11.5 Å². The van der Waals surface area contributed by atoms with E-state index in [1.54, 1.807) is 13.2 Å². The maximum atomic E-state index is 10.4. The molecule has 17 heavy (non-hydrogen) atoms. The fourth-order valence-electron chi connectivity index (χ4n) is 1.26. The highest BCUT2D eigenvalue weighted by atomic mass is 16.5. The van der Waals surface area contributed by atoms with E-state index >= 15 is 0 Å². The van der Waals surface area contributed by atoms with Crippen molar-refractivity contribution in [2.24, 2.45) is 0 Å². The van der Waals surface area contributed by atoms with Gasteiger partial charge in [-0.25, -0.2) is 0 Å². The van der Waals surface area contributed by atoms with Crippen molar-refractivity contribution in [3.63, 3.8) is 0 Å². The zero-order valence-corrected chi connectivity index (χ0v) is 11.1. The van der Waals surface area contributed by atoms with Crippen molar-refractivity contribution in [3.8, 4) is 11.5 Å². The molecule has 1 aromatic rings. The number of carbonyl (C=O) groups excluding carboxylic acids is 1. The van der Waals surface area contributed by atoms with E-state index in [-0.39, 0.29) is 0 Å². The van der Waals surface area contributed by atoms with E-state index in [2.05, 4.69) is 0 Å². The normalized spacial score (nSPS) is 10.1. The minimum atomic E-state index is 0.418. The van der Waals surface area contributed by atoms with Gasteiger partial charge < -0.3 is 9.47 Å². The zero-order chi connectivity index (χ0) is 13.3. The van der Waals surface area contributed by atoms with Crippen LogP contribution in [0.4, 0.5) is 0 Å². The molecule has 0 atom stereocenters. The maximum Gasteiger partial charge on any atom is 0.298 e. The predicted octanol–water partition coefficient (Wildman–Crippen LogP) is 3.68. The van der Waals surface area contributed by atoms with Crippen molar-refractivity contribution >= 4 is 12.0 Å². The van der Waals surface area contributed by atoms with Crippen LogP contribution in [0.15, 0.2) is 24.3 Å². The summed E-state index contributed by atoms with van der Waals surface area (Å²) in [6, 6.07) is 5.39. The molecule has 1 rings (SSSR count). The molecule has 0 N–H and O–H groups in total. The van der Waals surface area contributed by atoms with Gasteiger partial charge in [0.25, 0.3) is 6.47 Å². The summed E-state index contributed by atoms with van der Waals surface area (Å²) in [5.41, 5.74) is 1.94. The maximum absolute atomic E-state index is 10.4. The number of hydrogen-bond donors (Lipinski definition) is 0. The lowest BCUT2D eigenvalue weighted by atomic mass is 10.1. The Morgan fingerprint density at radius 3 is 2.41 bits per heavy atom. The first-order chi connectivity index (χ1) is 8.22. The van der Waals surface area contributed by atoms with Crippen molar-refractivity contribution in [1.29, 1.82) is 0 Å². The summed E-state index contributed by atoms with van der Waals surface area (Å²) in [6.07, 6.45) is 1.96. The van der Waals surface area contributed by atoms with Crippen LogP contribution >= 0.6 is 0 Å². The van der Waals surface area contributed by atoms with Crippen molar-refractivity contribution in [3.05, 3.63) is 29.8 Å². The molecule has 94 valence electrons. The number of methoxy groups -OCH3 is 1. The molecule has 0 aliphatic heterocycles. The fourth-order valence-corrected chi connectivity index (χ4v) is 1.26. The lowest BCUT2D eigenvalue weighted by Gasteiger charge is -2.09. The lowest BCUT2D eigenvalue weighted by molar-refractivity contribution is -0.120. The van der Waals surface area contributed by atoms with E-state index in [0.29, 0.717) is 18.0 Å². The zero-order valence-electron chi connectivity index (χ0n) is 11.1. The van der Waals surface area contributed by atoms with E-state index in [4.69, 9.17) is 9.47 Å². The van der Waals surface area contributed by atoms with Crippen LogP contribution in [0.25, 0.3) is 5.57 Å². The van der Waals surface area contributed by atoms with Crippen molar-refractivity contribution in [1.82, 2.24) is 0 Å². The largest absolute Gasteiger partial charge is 0.497 e. The molecule has 0 unspecified atom stereocenters. The highest BCUT2D eigenvalue weighted by molar-refractivity contribution is 5.71. The van der Waals surface area contributed by atoms with E-state index in [0.717, 1.165) is 11.1 Å². The third-order valence-corrected chi connectivity index (χ3v) is 2.22.